The van der Waals surface area contributed by atoms with Gasteiger partial charge in [-0.25, -0.2) is 8.78 Å². The molecule has 116 valence electrons. The van der Waals surface area contributed by atoms with E-state index in [9.17, 15) is 13.6 Å². The number of amides is 1. The zero-order chi connectivity index (χ0) is 15.5. The van der Waals surface area contributed by atoms with E-state index in [2.05, 4.69) is 10.6 Å². The highest BCUT2D eigenvalue weighted by Gasteiger charge is 2.28. The van der Waals surface area contributed by atoms with Crippen molar-refractivity contribution in [3.05, 3.63) is 29.8 Å². The third-order valence-electron chi connectivity index (χ3n) is 3.48. The Morgan fingerprint density at radius 1 is 1.38 bits per heavy atom. The fourth-order valence-electron chi connectivity index (χ4n) is 2.44. The Hall–Kier alpha value is -1.53. The van der Waals surface area contributed by atoms with Gasteiger partial charge >= 0.3 is 0 Å². The van der Waals surface area contributed by atoms with E-state index in [1.165, 1.54) is 6.07 Å². The highest BCUT2D eigenvalue weighted by Crippen LogP contribution is 2.23. The summed E-state index contributed by atoms with van der Waals surface area (Å²) in [4.78, 5) is 11.8. The molecule has 0 bridgehead atoms. The molecule has 0 spiro atoms. The number of carbonyl (C=O) groups excluding carboxylic acids is 1. The number of para-hydroxylation sites is 1. The smallest absolute Gasteiger partial charge is 0.238 e. The van der Waals surface area contributed by atoms with Crippen molar-refractivity contribution in [2.45, 2.75) is 38.3 Å². The first-order valence-corrected chi connectivity index (χ1v) is 6.98. The summed E-state index contributed by atoms with van der Waals surface area (Å²) >= 11 is 0. The zero-order valence-corrected chi connectivity index (χ0v) is 12.2. The van der Waals surface area contributed by atoms with Crippen molar-refractivity contribution >= 4 is 11.6 Å². The molecule has 0 radical (unpaired) electrons. The lowest BCUT2D eigenvalue weighted by atomic mass is 9.94. The van der Waals surface area contributed by atoms with Crippen LogP contribution in [0.2, 0.25) is 0 Å². The van der Waals surface area contributed by atoms with Crippen LogP contribution in [0.25, 0.3) is 0 Å². The standard InChI is InChI=1S/C15H20F2N2O2/c1-15(2)8-10(6-7-21-15)18-9-13(20)19-14-11(16)4-3-5-12(14)17/h3-5,10,18H,6-9H2,1-2H3,(H,19,20). The second-order valence-corrected chi connectivity index (χ2v) is 5.82. The second kappa shape index (κ2) is 6.49. The van der Waals surface area contributed by atoms with Gasteiger partial charge in [0.05, 0.1) is 12.1 Å². The molecule has 1 aromatic carbocycles. The average Bonchev–Trinajstić information content (AvgIpc) is 2.40. The minimum Gasteiger partial charge on any atom is -0.375 e. The van der Waals surface area contributed by atoms with Crippen molar-refractivity contribution < 1.29 is 18.3 Å². The summed E-state index contributed by atoms with van der Waals surface area (Å²) in [6.45, 7) is 4.63. The van der Waals surface area contributed by atoms with Crippen molar-refractivity contribution in [1.29, 1.82) is 0 Å². The molecule has 1 fully saturated rings. The van der Waals surface area contributed by atoms with E-state index >= 15 is 0 Å². The minimum atomic E-state index is -0.782. The van der Waals surface area contributed by atoms with Crippen molar-refractivity contribution in [3.63, 3.8) is 0 Å². The Morgan fingerprint density at radius 2 is 2.05 bits per heavy atom. The summed E-state index contributed by atoms with van der Waals surface area (Å²) in [5.41, 5.74) is -0.624. The van der Waals surface area contributed by atoms with Crippen molar-refractivity contribution in [3.8, 4) is 0 Å². The topological polar surface area (TPSA) is 50.4 Å². The van der Waals surface area contributed by atoms with Crippen LogP contribution in [0.3, 0.4) is 0 Å². The first-order chi connectivity index (χ1) is 9.87. The quantitative estimate of drug-likeness (QED) is 0.897. The van der Waals surface area contributed by atoms with Crippen molar-refractivity contribution in [1.82, 2.24) is 5.32 Å². The summed E-state index contributed by atoms with van der Waals surface area (Å²) in [6, 6.07) is 3.62. The Labute approximate surface area is 122 Å². The Kier molecular flexibility index (Phi) is 4.90. The minimum absolute atomic E-state index is 0.00845. The normalized spacial score (nSPS) is 21.0. The van der Waals surface area contributed by atoms with Gasteiger partial charge in [-0.15, -0.1) is 0 Å². The van der Waals surface area contributed by atoms with Crippen LogP contribution in [0.5, 0.6) is 0 Å². The molecule has 2 N–H and O–H groups in total. The number of halogens is 2. The number of ether oxygens (including phenoxy) is 1. The largest absolute Gasteiger partial charge is 0.375 e. The molecule has 4 nitrogen and oxygen atoms in total. The Balaban J connectivity index is 1.85. The van der Waals surface area contributed by atoms with E-state index in [-0.39, 0.29) is 18.2 Å². The maximum atomic E-state index is 13.4. The van der Waals surface area contributed by atoms with Gasteiger partial charge in [0.15, 0.2) is 0 Å². The number of carbonyl (C=O) groups is 1. The first kappa shape index (κ1) is 15.9. The number of rotatable bonds is 4. The molecule has 2 rings (SSSR count). The number of nitrogens with one attached hydrogen (secondary N) is 2. The molecule has 1 amide bonds. The van der Waals surface area contributed by atoms with Gasteiger partial charge in [0.25, 0.3) is 0 Å². The number of hydrogen-bond donors (Lipinski definition) is 2. The van der Waals surface area contributed by atoms with E-state index in [1.807, 2.05) is 13.8 Å². The average molecular weight is 298 g/mol. The van der Waals surface area contributed by atoms with E-state index in [0.29, 0.717) is 6.61 Å². The summed E-state index contributed by atoms with van der Waals surface area (Å²) in [5, 5.41) is 5.36. The first-order valence-electron chi connectivity index (χ1n) is 6.98. The molecule has 1 unspecified atom stereocenters. The lowest BCUT2D eigenvalue weighted by Crippen LogP contribution is -2.45. The van der Waals surface area contributed by atoms with Gasteiger partial charge in [-0.1, -0.05) is 6.07 Å². The molecular weight excluding hydrogens is 278 g/mol. The Morgan fingerprint density at radius 3 is 2.67 bits per heavy atom. The van der Waals surface area contributed by atoms with E-state index in [0.717, 1.165) is 25.0 Å². The third kappa shape index (κ3) is 4.47. The van der Waals surface area contributed by atoms with Crippen LogP contribution >= 0.6 is 0 Å². The summed E-state index contributed by atoms with van der Waals surface area (Å²) < 4.78 is 32.4. The van der Waals surface area contributed by atoms with E-state index in [4.69, 9.17) is 4.74 Å². The molecule has 1 aliphatic rings. The fraction of sp³-hybridized carbons (Fsp3) is 0.533. The van der Waals surface area contributed by atoms with Gasteiger partial charge < -0.3 is 15.4 Å². The highest BCUT2D eigenvalue weighted by molar-refractivity contribution is 5.92. The summed E-state index contributed by atoms with van der Waals surface area (Å²) in [5.74, 6) is -2.03. The van der Waals surface area contributed by atoms with Gasteiger partial charge in [-0.2, -0.15) is 0 Å². The highest BCUT2D eigenvalue weighted by atomic mass is 19.1. The Bertz CT molecular complexity index is 500. The number of anilines is 1. The van der Waals surface area contributed by atoms with Gasteiger partial charge in [-0.3, -0.25) is 4.79 Å². The maximum Gasteiger partial charge on any atom is 0.238 e. The second-order valence-electron chi connectivity index (χ2n) is 5.82. The van der Waals surface area contributed by atoms with Gasteiger partial charge in [0.1, 0.15) is 17.3 Å². The van der Waals surface area contributed by atoms with Crippen molar-refractivity contribution in [2.75, 3.05) is 18.5 Å². The van der Waals surface area contributed by atoms with Crippen LogP contribution in [0.1, 0.15) is 26.7 Å². The molecule has 1 saturated heterocycles. The summed E-state index contributed by atoms with van der Waals surface area (Å²) in [7, 11) is 0. The molecule has 21 heavy (non-hydrogen) atoms. The molecule has 1 aromatic rings. The van der Waals surface area contributed by atoms with E-state index < -0.39 is 23.2 Å². The lowest BCUT2D eigenvalue weighted by Gasteiger charge is -2.35. The fourth-order valence-corrected chi connectivity index (χ4v) is 2.44. The molecule has 1 aliphatic heterocycles. The molecule has 1 heterocycles. The SMILES string of the molecule is CC1(C)CC(NCC(=O)Nc2c(F)cccc2F)CCO1. The predicted octanol–water partition coefficient (Wildman–Crippen LogP) is 2.45. The van der Waals surface area contributed by atoms with Crippen LogP contribution in [0.4, 0.5) is 14.5 Å². The molecule has 0 saturated carbocycles. The molecule has 6 heteroatoms. The molecule has 1 atom stereocenters. The van der Waals surface area contributed by atoms with E-state index in [1.54, 1.807) is 0 Å². The monoisotopic (exact) mass is 298 g/mol. The van der Waals surface area contributed by atoms with Gasteiger partial charge in [0, 0.05) is 12.6 Å². The number of hydrogen-bond acceptors (Lipinski definition) is 3. The van der Waals surface area contributed by atoms with Crippen LogP contribution in [0.15, 0.2) is 18.2 Å². The molecular formula is C15H20F2N2O2. The summed E-state index contributed by atoms with van der Waals surface area (Å²) in [6.07, 6.45) is 1.60. The zero-order valence-electron chi connectivity index (χ0n) is 12.2. The van der Waals surface area contributed by atoms with Crippen LogP contribution in [-0.4, -0.2) is 30.7 Å². The van der Waals surface area contributed by atoms with Crippen LogP contribution in [-0.2, 0) is 9.53 Å². The third-order valence-corrected chi connectivity index (χ3v) is 3.48. The van der Waals surface area contributed by atoms with Gasteiger partial charge in [-0.05, 0) is 38.8 Å². The number of benzene rings is 1. The van der Waals surface area contributed by atoms with Crippen LogP contribution in [0, 0.1) is 11.6 Å². The van der Waals surface area contributed by atoms with Crippen LogP contribution < -0.4 is 10.6 Å². The van der Waals surface area contributed by atoms with Gasteiger partial charge in [0.2, 0.25) is 5.91 Å². The van der Waals surface area contributed by atoms with Crippen molar-refractivity contribution in [2.24, 2.45) is 0 Å². The molecule has 0 aromatic heterocycles. The maximum absolute atomic E-state index is 13.4. The molecule has 0 aliphatic carbocycles. The lowest BCUT2D eigenvalue weighted by molar-refractivity contribution is -0.116. The predicted molar refractivity (Wildman–Crippen MR) is 76.0 cm³/mol.